The van der Waals surface area contributed by atoms with Crippen LogP contribution >= 0.6 is 0 Å². The Morgan fingerprint density at radius 3 is 2.67 bits per heavy atom. The van der Waals surface area contributed by atoms with Gasteiger partial charge in [-0.1, -0.05) is 26.0 Å². The predicted octanol–water partition coefficient (Wildman–Crippen LogP) is 2.20. The zero-order valence-electron chi connectivity index (χ0n) is 12.6. The Kier molecular flexibility index (Phi) is 6.84. The lowest BCUT2D eigenvalue weighted by molar-refractivity contribution is 0.142. The number of nitrogens with two attached hydrogens (primary N) is 1. The molecule has 5 nitrogen and oxygen atoms in total. The molecule has 0 aromatic heterocycles. The van der Waals surface area contributed by atoms with Crippen molar-refractivity contribution in [2.75, 3.05) is 19.0 Å². The molecule has 0 fully saturated rings. The van der Waals surface area contributed by atoms with Gasteiger partial charge < -0.3 is 10.5 Å². The highest BCUT2D eigenvalue weighted by molar-refractivity contribution is 7.91. The molecule has 1 aromatic carbocycles. The Balaban J connectivity index is 2.50. The van der Waals surface area contributed by atoms with Crippen LogP contribution in [0.25, 0.3) is 0 Å². The smallest absolute Gasteiger partial charge is 0.180 e. The van der Waals surface area contributed by atoms with E-state index in [2.05, 4.69) is 13.8 Å². The first-order chi connectivity index (χ1) is 9.83. The summed E-state index contributed by atoms with van der Waals surface area (Å²) in [6.45, 7) is 5.06. The van der Waals surface area contributed by atoms with Gasteiger partial charge in [-0.15, -0.1) is 0 Å². The van der Waals surface area contributed by atoms with Crippen LogP contribution in [0.1, 0.15) is 32.3 Å². The molecule has 0 aliphatic carbocycles. The molecule has 1 aromatic rings. The SMILES string of the molecule is CC(C)CCCOCCS(=O)(=O)c1cccc(C(=N)N)c1. The van der Waals surface area contributed by atoms with Crippen LogP contribution < -0.4 is 5.73 Å². The Bertz CT molecular complexity index is 568. The average molecular weight is 312 g/mol. The third-order valence-corrected chi connectivity index (χ3v) is 4.75. The van der Waals surface area contributed by atoms with Crippen molar-refractivity contribution in [3.63, 3.8) is 0 Å². The summed E-state index contributed by atoms with van der Waals surface area (Å²) >= 11 is 0. The first-order valence-corrected chi connectivity index (χ1v) is 8.73. The van der Waals surface area contributed by atoms with E-state index in [0.29, 0.717) is 18.1 Å². The van der Waals surface area contributed by atoms with Gasteiger partial charge in [0.05, 0.1) is 17.3 Å². The quantitative estimate of drug-likeness (QED) is 0.415. The summed E-state index contributed by atoms with van der Waals surface area (Å²) in [5.74, 6) is 0.430. The third kappa shape index (κ3) is 6.27. The number of hydrogen-bond donors (Lipinski definition) is 2. The minimum atomic E-state index is -3.40. The van der Waals surface area contributed by atoms with E-state index in [1.807, 2.05) is 0 Å². The molecular formula is C15H24N2O3S. The van der Waals surface area contributed by atoms with Crippen molar-refractivity contribution in [1.82, 2.24) is 0 Å². The predicted molar refractivity (Wildman–Crippen MR) is 84.4 cm³/mol. The van der Waals surface area contributed by atoms with E-state index in [4.69, 9.17) is 15.9 Å². The minimum absolute atomic E-state index is 0.0595. The van der Waals surface area contributed by atoms with Gasteiger partial charge in [0.15, 0.2) is 9.84 Å². The van der Waals surface area contributed by atoms with Crippen LogP contribution in [-0.2, 0) is 14.6 Å². The van der Waals surface area contributed by atoms with E-state index in [9.17, 15) is 8.42 Å². The molecular weight excluding hydrogens is 288 g/mol. The number of rotatable bonds is 9. The number of nitrogen functional groups attached to an aromatic ring is 1. The first kappa shape index (κ1) is 17.7. The molecule has 6 heteroatoms. The van der Waals surface area contributed by atoms with Gasteiger partial charge in [-0.2, -0.15) is 0 Å². The Labute approximate surface area is 126 Å². The van der Waals surface area contributed by atoms with Crippen molar-refractivity contribution in [2.24, 2.45) is 11.7 Å². The zero-order chi connectivity index (χ0) is 15.9. The highest BCUT2D eigenvalue weighted by Crippen LogP contribution is 2.13. The van der Waals surface area contributed by atoms with Gasteiger partial charge in [0.2, 0.25) is 0 Å². The highest BCUT2D eigenvalue weighted by Gasteiger charge is 2.15. The average Bonchev–Trinajstić information content (AvgIpc) is 2.42. The molecule has 118 valence electrons. The van der Waals surface area contributed by atoms with Gasteiger partial charge in [0, 0.05) is 12.2 Å². The van der Waals surface area contributed by atoms with Gasteiger partial charge in [-0.05, 0) is 30.9 Å². The van der Waals surface area contributed by atoms with Gasteiger partial charge in [-0.3, -0.25) is 5.41 Å². The zero-order valence-corrected chi connectivity index (χ0v) is 13.4. The molecule has 0 spiro atoms. The fraction of sp³-hybridized carbons (Fsp3) is 0.533. The Morgan fingerprint density at radius 1 is 1.33 bits per heavy atom. The number of sulfone groups is 1. The molecule has 0 amide bonds. The van der Waals surface area contributed by atoms with Gasteiger partial charge in [0.25, 0.3) is 0 Å². The molecule has 0 saturated heterocycles. The highest BCUT2D eigenvalue weighted by atomic mass is 32.2. The fourth-order valence-corrected chi connectivity index (χ4v) is 3.00. The van der Waals surface area contributed by atoms with E-state index < -0.39 is 9.84 Å². The number of amidine groups is 1. The lowest BCUT2D eigenvalue weighted by Crippen LogP contribution is -2.15. The van der Waals surface area contributed by atoms with Gasteiger partial charge in [0.1, 0.15) is 5.84 Å². The van der Waals surface area contributed by atoms with E-state index >= 15 is 0 Å². The van der Waals surface area contributed by atoms with Crippen molar-refractivity contribution < 1.29 is 13.2 Å². The van der Waals surface area contributed by atoms with Crippen LogP contribution in [0, 0.1) is 11.3 Å². The summed E-state index contributed by atoms with van der Waals surface area (Å²) in [6, 6.07) is 6.15. The Morgan fingerprint density at radius 2 is 2.05 bits per heavy atom. The number of ether oxygens (including phenoxy) is 1. The molecule has 1 rings (SSSR count). The fourth-order valence-electron chi connectivity index (χ4n) is 1.84. The maximum Gasteiger partial charge on any atom is 0.180 e. The second kappa shape index (κ2) is 8.14. The second-order valence-corrected chi connectivity index (χ2v) is 7.52. The van der Waals surface area contributed by atoms with E-state index in [-0.39, 0.29) is 23.1 Å². The third-order valence-electron chi connectivity index (χ3n) is 3.07. The molecule has 0 aliphatic rings. The van der Waals surface area contributed by atoms with Crippen molar-refractivity contribution in [3.05, 3.63) is 29.8 Å². The molecule has 0 unspecified atom stereocenters. The monoisotopic (exact) mass is 312 g/mol. The van der Waals surface area contributed by atoms with E-state index in [1.54, 1.807) is 12.1 Å². The van der Waals surface area contributed by atoms with Crippen LogP contribution in [0.4, 0.5) is 0 Å². The summed E-state index contributed by atoms with van der Waals surface area (Å²) in [4.78, 5) is 0.181. The number of hydrogen-bond acceptors (Lipinski definition) is 4. The van der Waals surface area contributed by atoms with Crippen molar-refractivity contribution in [2.45, 2.75) is 31.6 Å². The molecule has 0 radical (unpaired) electrons. The molecule has 0 aliphatic heterocycles. The molecule has 0 heterocycles. The first-order valence-electron chi connectivity index (χ1n) is 7.08. The summed E-state index contributed by atoms with van der Waals surface area (Å²) in [6.07, 6.45) is 2.02. The second-order valence-electron chi connectivity index (χ2n) is 5.41. The van der Waals surface area contributed by atoms with Crippen LogP contribution in [0.3, 0.4) is 0 Å². The maximum absolute atomic E-state index is 12.2. The summed E-state index contributed by atoms with van der Waals surface area (Å²) < 4.78 is 29.7. The van der Waals surface area contributed by atoms with Crippen LogP contribution in [0.2, 0.25) is 0 Å². The van der Waals surface area contributed by atoms with E-state index in [0.717, 1.165) is 12.8 Å². The van der Waals surface area contributed by atoms with Crippen molar-refractivity contribution >= 4 is 15.7 Å². The largest absolute Gasteiger partial charge is 0.384 e. The normalized spacial score (nSPS) is 11.8. The summed E-state index contributed by atoms with van der Waals surface area (Å²) in [5, 5.41) is 7.34. The number of nitrogens with one attached hydrogen (secondary N) is 1. The lowest BCUT2D eigenvalue weighted by atomic mass is 10.1. The number of benzene rings is 1. The summed E-state index contributed by atoms with van der Waals surface area (Å²) in [5.41, 5.74) is 5.78. The minimum Gasteiger partial charge on any atom is -0.384 e. The van der Waals surface area contributed by atoms with Gasteiger partial charge in [-0.25, -0.2) is 8.42 Å². The molecule has 0 bridgehead atoms. The maximum atomic E-state index is 12.2. The molecule has 0 atom stereocenters. The van der Waals surface area contributed by atoms with Gasteiger partial charge >= 0.3 is 0 Å². The van der Waals surface area contributed by atoms with E-state index in [1.165, 1.54) is 12.1 Å². The lowest BCUT2D eigenvalue weighted by Gasteiger charge is -2.08. The topological polar surface area (TPSA) is 93.2 Å². The Hall–Kier alpha value is -1.40. The summed E-state index contributed by atoms with van der Waals surface area (Å²) in [7, 11) is -3.40. The standard InChI is InChI=1S/C15H24N2O3S/c1-12(2)5-4-8-20-9-10-21(18,19)14-7-3-6-13(11-14)15(16)17/h3,6-7,11-12H,4-5,8-10H2,1-2H3,(H3,16,17). The van der Waals surface area contributed by atoms with Crippen LogP contribution in [0.5, 0.6) is 0 Å². The van der Waals surface area contributed by atoms with Crippen molar-refractivity contribution in [1.29, 1.82) is 5.41 Å². The molecule has 0 saturated carbocycles. The molecule has 21 heavy (non-hydrogen) atoms. The van der Waals surface area contributed by atoms with Crippen molar-refractivity contribution in [3.8, 4) is 0 Å². The van der Waals surface area contributed by atoms with Crippen LogP contribution in [-0.4, -0.2) is 33.2 Å². The molecule has 3 N–H and O–H groups in total. The van der Waals surface area contributed by atoms with Crippen LogP contribution in [0.15, 0.2) is 29.2 Å².